The number of halogens is 2. The quantitative estimate of drug-likeness (QED) is 0.361. The number of ether oxygens (including phenoxy) is 2. The topological polar surface area (TPSA) is 77.0 Å². The van der Waals surface area contributed by atoms with Gasteiger partial charge in [-0.1, -0.05) is 19.1 Å². The number of hydrogen-bond acceptors (Lipinski definition) is 6. The minimum atomic E-state index is -3.01. The molecule has 0 fully saturated rings. The summed E-state index contributed by atoms with van der Waals surface area (Å²) >= 11 is 0. The van der Waals surface area contributed by atoms with Gasteiger partial charge in [0.05, 0.1) is 12.8 Å². The van der Waals surface area contributed by atoms with E-state index in [1.807, 2.05) is 0 Å². The normalized spacial score (nSPS) is 11.2. The molecule has 1 rings (SSSR count). The van der Waals surface area contributed by atoms with Gasteiger partial charge in [-0.3, -0.25) is 10.2 Å². The predicted molar refractivity (Wildman–Crippen MR) is 71.4 cm³/mol. The molecule has 0 unspecified atom stereocenters. The summed E-state index contributed by atoms with van der Waals surface area (Å²) in [5.41, 5.74) is 1.99. The number of para-hydroxylation sites is 2. The minimum Gasteiger partial charge on any atom is -0.464 e. The van der Waals surface area contributed by atoms with Crippen molar-refractivity contribution < 1.29 is 27.8 Å². The maximum absolute atomic E-state index is 12.3. The van der Waals surface area contributed by atoms with Crippen LogP contribution in [0.25, 0.3) is 0 Å². The maximum Gasteiger partial charge on any atom is 0.387 e. The summed E-state index contributed by atoms with van der Waals surface area (Å²) in [5, 5.41) is 3.62. The fraction of sp³-hybridized carbons (Fsp3) is 0.308. The number of nitrogens with zero attached hydrogens (tertiary/aromatic N) is 1. The molecule has 114 valence electrons. The lowest BCUT2D eigenvalue weighted by atomic mass is 10.2. The first kappa shape index (κ1) is 16.5. The number of rotatable bonds is 7. The lowest BCUT2D eigenvalue weighted by molar-refractivity contribution is -0.133. The van der Waals surface area contributed by atoms with Crippen molar-refractivity contribution in [3.8, 4) is 5.75 Å². The summed E-state index contributed by atoms with van der Waals surface area (Å²) in [6.07, 6.45) is 0.0464. The van der Waals surface area contributed by atoms with Gasteiger partial charge in [0.2, 0.25) is 5.71 Å². The van der Waals surface area contributed by atoms with Crippen LogP contribution < -0.4 is 10.2 Å². The van der Waals surface area contributed by atoms with Crippen LogP contribution in [0.3, 0.4) is 0 Å². The van der Waals surface area contributed by atoms with Gasteiger partial charge in [0.1, 0.15) is 0 Å². The number of anilines is 1. The molecule has 0 aromatic heterocycles. The molecule has 0 saturated carbocycles. The molecule has 0 bridgehead atoms. The summed E-state index contributed by atoms with van der Waals surface area (Å²) in [4.78, 5) is 23.0. The number of hydrazone groups is 1. The zero-order valence-corrected chi connectivity index (χ0v) is 11.4. The molecule has 0 atom stereocenters. The molecular weight excluding hydrogens is 286 g/mol. The Hall–Kier alpha value is -2.51. The number of Topliss-reactive ketones (excluding diaryl/α,β-unsaturated/α-hetero) is 1. The van der Waals surface area contributed by atoms with Gasteiger partial charge in [-0.05, 0) is 12.1 Å². The van der Waals surface area contributed by atoms with Crippen LogP contribution in [0.1, 0.15) is 13.3 Å². The molecule has 1 N–H and O–H groups in total. The average Bonchev–Trinajstić information content (AvgIpc) is 2.47. The summed E-state index contributed by atoms with van der Waals surface area (Å²) < 4.78 is 33.2. The standard InChI is InChI=1S/C13H14F2N2O4/c1-3-9(18)11(12(19)20-2)17-16-8-6-4-5-7-10(8)21-13(14)15/h4-7,13,16H,3H2,1-2H3/b17-11+. The lowest BCUT2D eigenvalue weighted by Crippen LogP contribution is -2.26. The van der Waals surface area contributed by atoms with Crippen molar-refractivity contribution in [1.82, 2.24) is 0 Å². The number of hydrogen-bond donors (Lipinski definition) is 1. The highest BCUT2D eigenvalue weighted by Crippen LogP contribution is 2.25. The van der Waals surface area contributed by atoms with E-state index < -0.39 is 24.1 Å². The molecule has 0 radical (unpaired) electrons. The Kier molecular flexibility index (Phi) is 6.25. The molecule has 0 heterocycles. The third-order valence-corrected chi connectivity index (χ3v) is 2.36. The van der Waals surface area contributed by atoms with E-state index in [0.29, 0.717) is 0 Å². The van der Waals surface area contributed by atoms with Crippen LogP contribution in [0.5, 0.6) is 5.75 Å². The number of methoxy groups -OCH3 is 1. The van der Waals surface area contributed by atoms with E-state index in [1.165, 1.54) is 18.2 Å². The zero-order valence-electron chi connectivity index (χ0n) is 11.4. The minimum absolute atomic E-state index is 0.0464. The first-order chi connectivity index (χ1) is 9.99. The smallest absolute Gasteiger partial charge is 0.387 e. The first-order valence-electron chi connectivity index (χ1n) is 5.98. The highest BCUT2D eigenvalue weighted by Gasteiger charge is 2.20. The second kappa shape index (κ2) is 7.93. The lowest BCUT2D eigenvalue weighted by Gasteiger charge is -2.10. The van der Waals surface area contributed by atoms with E-state index >= 15 is 0 Å². The van der Waals surface area contributed by atoms with Crippen molar-refractivity contribution in [2.45, 2.75) is 20.0 Å². The van der Waals surface area contributed by atoms with Crippen molar-refractivity contribution in [2.75, 3.05) is 12.5 Å². The van der Waals surface area contributed by atoms with Crippen LogP contribution in [0.4, 0.5) is 14.5 Å². The van der Waals surface area contributed by atoms with Crippen molar-refractivity contribution in [1.29, 1.82) is 0 Å². The van der Waals surface area contributed by atoms with E-state index in [4.69, 9.17) is 0 Å². The van der Waals surface area contributed by atoms with Crippen molar-refractivity contribution >= 4 is 23.2 Å². The summed E-state index contributed by atoms with van der Waals surface area (Å²) in [5.74, 6) is -1.62. The van der Waals surface area contributed by atoms with Gasteiger partial charge in [0.25, 0.3) is 0 Å². The number of alkyl halides is 2. The molecule has 6 nitrogen and oxygen atoms in total. The van der Waals surface area contributed by atoms with Gasteiger partial charge in [-0.2, -0.15) is 13.9 Å². The van der Waals surface area contributed by atoms with Crippen LogP contribution in [-0.2, 0) is 14.3 Å². The predicted octanol–water partition coefficient (Wildman–Crippen LogP) is 2.21. The van der Waals surface area contributed by atoms with Crippen molar-refractivity contribution in [3.63, 3.8) is 0 Å². The van der Waals surface area contributed by atoms with Crippen LogP contribution in [-0.4, -0.2) is 31.2 Å². The molecule has 21 heavy (non-hydrogen) atoms. The summed E-state index contributed by atoms with van der Waals surface area (Å²) in [6.45, 7) is -1.46. The van der Waals surface area contributed by atoms with Crippen LogP contribution >= 0.6 is 0 Å². The van der Waals surface area contributed by atoms with Crippen molar-refractivity contribution in [2.24, 2.45) is 5.10 Å². The highest BCUT2D eigenvalue weighted by atomic mass is 19.3. The van der Waals surface area contributed by atoms with Crippen molar-refractivity contribution in [3.05, 3.63) is 24.3 Å². The number of carbonyl (C=O) groups excluding carboxylic acids is 2. The molecule has 8 heteroatoms. The Labute approximate surface area is 119 Å². The van der Waals surface area contributed by atoms with E-state index in [-0.39, 0.29) is 17.9 Å². The SMILES string of the molecule is CCC(=O)/C(=N\Nc1ccccc1OC(F)F)C(=O)OC. The van der Waals surface area contributed by atoms with Gasteiger partial charge >= 0.3 is 12.6 Å². The van der Waals surface area contributed by atoms with Gasteiger partial charge < -0.3 is 9.47 Å². The van der Waals surface area contributed by atoms with E-state index in [1.54, 1.807) is 13.0 Å². The molecule has 0 amide bonds. The van der Waals surface area contributed by atoms with E-state index in [9.17, 15) is 18.4 Å². The van der Waals surface area contributed by atoms with Crippen LogP contribution in [0.15, 0.2) is 29.4 Å². The Bertz CT molecular complexity index is 529. The Morgan fingerprint density at radius 2 is 2.00 bits per heavy atom. The molecule has 0 aliphatic rings. The van der Waals surface area contributed by atoms with Gasteiger partial charge in [-0.15, -0.1) is 0 Å². The monoisotopic (exact) mass is 300 g/mol. The zero-order chi connectivity index (χ0) is 15.8. The largest absolute Gasteiger partial charge is 0.464 e. The second-order valence-corrected chi connectivity index (χ2v) is 3.72. The summed E-state index contributed by atoms with van der Waals surface area (Å²) in [7, 11) is 1.11. The Morgan fingerprint density at radius 3 is 2.57 bits per heavy atom. The summed E-state index contributed by atoms with van der Waals surface area (Å²) in [6, 6.07) is 5.75. The number of ketones is 1. The van der Waals surface area contributed by atoms with Crippen LogP contribution in [0, 0.1) is 0 Å². The fourth-order valence-corrected chi connectivity index (χ4v) is 1.36. The van der Waals surface area contributed by atoms with E-state index in [2.05, 4.69) is 20.0 Å². The molecule has 1 aromatic carbocycles. The number of carbonyl (C=O) groups is 2. The molecule has 0 saturated heterocycles. The second-order valence-electron chi connectivity index (χ2n) is 3.72. The molecule has 1 aromatic rings. The van der Waals surface area contributed by atoms with Gasteiger partial charge in [0, 0.05) is 6.42 Å². The Balaban J connectivity index is 3.00. The van der Waals surface area contributed by atoms with Crippen LogP contribution in [0.2, 0.25) is 0 Å². The molecule has 0 aliphatic heterocycles. The number of benzene rings is 1. The van der Waals surface area contributed by atoms with E-state index in [0.717, 1.165) is 7.11 Å². The Morgan fingerprint density at radius 1 is 1.33 bits per heavy atom. The first-order valence-corrected chi connectivity index (χ1v) is 5.98. The fourth-order valence-electron chi connectivity index (χ4n) is 1.36. The average molecular weight is 300 g/mol. The number of nitrogens with one attached hydrogen (secondary N) is 1. The molecule has 0 aliphatic carbocycles. The molecular formula is C13H14F2N2O4. The third kappa shape index (κ3) is 4.83. The van der Waals surface area contributed by atoms with Gasteiger partial charge in [-0.25, -0.2) is 4.79 Å². The van der Waals surface area contributed by atoms with Gasteiger partial charge in [0.15, 0.2) is 11.5 Å². The molecule has 0 spiro atoms. The third-order valence-electron chi connectivity index (χ3n) is 2.36. The maximum atomic E-state index is 12.3. The number of esters is 1. The highest BCUT2D eigenvalue weighted by molar-refractivity contribution is 6.64.